The Morgan fingerprint density at radius 3 is 2.54 bits per heavy atom. The molecule has 1 amide bonds. The van der Waals surface area contributed by atoms with E-state index in [-0.39, 0.29) is 24.2 Å². The smallest absolute Gasteiger partial charge is 0.217 e. The molecule has 0 saturated carbocycles. The van der Waals surface area contributed by atoms with E-state index in [2.05, 4.69) is 29.6 Å². The van der Waals surface area contributed by atoms with Gasteiger partial charge in [0.1, 0.15) is 0 Å². The van der Waals surface area contributed by atoms with E-state index in [9.17, 15) is 4.79 Å². The first-order chi connectivity index (χ1) is 12.0. The van der Waals surface area contributed by atoms with E-state index in [1.165, 1.54) is 16.7 Å². The number of aryl methyl sites for hydroxylation is 1. The third-order valence-corrected chi connectivity index (χ3v) is 5.74. The van der Waals surface area contributed by atoms with E-state index in [1.807, 2.05) is 19.2 Å². The lowest BCUT2D eigenvalue weighted by atomic mass is 9.76. The van der Waals surface area contributed by atoms with E-state index in [4.69, 9.17) is 28.9 Å². The quantitative estimate of drug-likeness (QED) is 0.723. The van der Waals surface area contributed by atoms with Gasteiger partial charge in [-0.2, -0.15) is 0 Å². The number of rotatable bonds is 5. The summed E-state index contributed by atoms with van der Waals surface area (Å²) in [6, 6.07) is 12.7. The van der Waals surface area contributed by atoms with Crippen molar-refractivity contribution in [2.24, 2.45) is 5.73 Å². The number of fused-ring (bicyclic) bond motifs is 1. The van der Waals surface area contributed by atoms with Gasteiger partial charge in [-0.05, 0) is 60.7 Å². The van der Waals surface area contributed by atoms with Gasteiger partial charge in [-0.25, -0.2) is 0 Å². The molecule has 0 aliphatic heterocycles. The van der Waals surface area contributed by atoms with Crippen molar-refractivity contribution in [2.45, 2.75) is 37.6 Å². The fraction of sp³-hybridized carbons (Fsp3) is 0.350. The summed E-state index contributed by atoms with van der Waals surface area (Å²) in [6.07, 6.45) is 3.14. The normalized spacial score (nSPS) is 18.7. The van der Waals surface area contributed by atoms with E-state index in [1.54, 1.807) is 0 Å². The Bertz CT molecular complexity index is 795. The molecule has 0 saturated heterocycles. The number of nitrogens with two attached hydrogens (primary N) is 1. The van der Waals surface area contributed by atoms with Crippen LogP contribution in [0.5, 0.6) is 0 Å². The summed E-state index contributed by atoms with van der Waals surface area (Å²) in [7, 11) is 1.99. The minimum absolute atomic E-state index is 0. The molecule has 3 N–H and O–H groups in total. The predicted molar refractivity (Wildman–Crippen MR) is 111 cm³/mol. The average Bonchev–Trinajstić information content (AvgIpc) is 2.61. The molecule has 0 aromatic heterocycles. The van der Waals surface area contributed by atoms with Crippen LogP contribution in [0.1, 0.15) is 53.5 Å². The first kappa shape index (κ1) is 21.0. The number of primary amides is 1. The van der Waals surface area contributed by atoms with Crippen molar-refractivity contribution in [1.82, 2.24) is 5.32 Å². The Balaban J connectivity index is 0.00000243. The highest BCUT2D eigenvalue weighted by molar-refractivity contribution is 6.42. The van der Waals surface area contributed by atoms with Crippen LogP contribution in [-0.4, -0.2) is 13.0 Å². The number of hydrogen-bond acceptors (Lipinski definition) is 2. The fourth-order valence-electron chi connectivity index (χ4n) is 3.69. The Morgan fingerprint density at radius 1 is 1.12 bits per heavy atom. The molecule has 0 bridgehead atoms. The highest BCUT2D eigenvalue weighted by Crippen LogP contribution is 2.42. The summed E-state index contributed by atoms with van der Waals surface area (Å²) >= 11 is 12.3. The molecule has 26 heavy (non-hydrogen) atoms. The summed E-state index contributed by atoms with van der Waals surface area (Å²) in [5, 5.41) is 4.56. The Labute approximate surface area is 170 Å². The van der Waals surface area contributed by atoms with E-state index in [0.717, 1.165) is 18.4 Å². The monoisotopic (exact) mass is 412 g/mol. The van der Waals surface area contributed by atoms with Crippen LogP contribution < -0.4 is 11.1 Å². The molecule has 3 rings (SSSR count). The zero-order valence-electron chi connectivity index (χ0n) is 14.6. The number of halogens is 3. The van der Waals surface area contributed by atoms with Crippen molar-refractivity contribution in [3.05, 3.63) is 68.7 Å². The Kier molecular flexibility index (Phi) is 7.36. The minimum Gasteiger partial charge on any atom is -0.370 e. The molecular weight excluding hydrogens is 391 g/mol. The molecule has 6 heteroatoms. The van der Waals surface area contributed by atoms with Gasteiger partial charge in [0.2, 0.25) is 5.91 Å². The molecule has 0 spiro atoms. The van der Waals surface area contributed by atoms with Crippen molar-refractivity contribution in [1.29, 1.82) is 0 Å². The number of hydrogen-bond donors (Lipinski definition) is 2. The molecule has 2 unspecified atom stereocenters. The summed E-state index contributed by atoms with van der Waals surface area (Å²) in [6.45, 7) is 0. The van der Waals surface area contributed by atoms with Gasteiger partial charge < -0.3 is 11.1 Å². The van der Waals surface area contributed by atoms with Crippen LogP contribution in [-0.2, 0) is 11.2 Å². The molecule has 1 aliphatic carbocycles. The van der Waals surface area contributed by atoms with Gasteiger partial charge >= 0.3 is 0 Å². The van der Waals surface area contributed by atoms with Gasteiger partial charge in [-0.15, -0.1) is 12.4 Å². The van der Waals surface area contributed by atoms with Gasteiger partial charge in [0, 0.05) is 18.4 Å². The lowest BCUT2D eigenvalue weighted by Gasteiger charge is -2.32. The minimum atomic E-state index is -0.271. The Hall–Kier alpha value is -1.26. The van der Waals surface area contributed by atoms with Gasteiger partial charge in [-0.1, -0.05) is 47.5 Å². The second-order valence-electron chi connectivity index (χ2n) is 6.57. The number of carbonyl (C=O) groups is 1. The van der Waals surface area contributed by atoms with Crippen LogP contribution in [0.2, 0.25) is 10.0 Å². The van der Waals surface area contributed by atoms with Crippen molar-refractivity contribution in [2.75, 3.05) is 7.05 Å². The molecular formula is C20H23Cl3N2O. The molecule has 1 aliphatic rings. The summed E-state index contributed by atoms with van der Waals surface area (Å²) in [4.78, 5) is 11.1. The molecule has 0 heterocycles. The van der Waals surface area contributed by atoms with Crippen LogP contribution in [0.4, 0.5) is 0 Å². The molecule has 2 aromatic carbocycles. The van der Waals surface area contributed by atoms with E-state index < -0.39 is 0 Å². The van der Waals surface area contributed by atoms with Crippen LogP contribution in [0, 0.1) is 0 Å². The standard InChI is InChI=1S/C20H22Cl2N2O.ClH/c1-24-19-8-6-14(13-4-7-17(21)18(22)11-13)16-10-12(2-5-15(16)19)3-9-20(23)25;/h2,4-5,7,10-11,14,19,24H,3,6,8-9H2,1H3,(H2,23,25);1H. The highest BCUT2D eigenvalue weighted by atomic mass is 35.5. The van der Waals surface area contributed by atoms with Crippen LogP contribution in [0.3, 0.4) is 0 Å². The number of amides is 1. The molecule has 3 nitrogen and oxygen atoms in total. The van der Waals surface area contributed by atoms with Crippen molar-refractivity contribution in [3.8, 4) is 0 Å². The van der Waals surface area contributed by atoms with E-state index >= 15 is 0 Å². The van der Waals surface area contributed by atoms with Gasteiger partial charge in [0.25, 0.3) is 0 Å². The van der Waals surface area contributed by atoms with Crippen LogP contribution in [0.15, 0.2) is 36.4 Å². The third kappa shape index (κ3) is 4.52. The first-order valence-corrected chi connectivity index (χ1v) is 9.28. The predicted octanol–water partition coefficient (Wildman–Crippen LogP) is 5.02. The SMILES string of the molecule is CNC1CCC(c2ccc(Cl)c(Cl)c2)c2cc(CCC(N)=O)ccc21.Cl. The molecule has 2 atom stereocenters. The molecule has 0 radical (unpaired) electrons. The average molecular weight is 414 g/mol. The summed E-state index contributed by atoms with van der Waals surface area (Å²) in [5.74, 6) is 0.00903. The first-order valence-electron chi connectivity index (χ1n) is 8.53. The number of nitrogens with one attached hydrogen (secondary N) is 1. The van der Waals surface area contributed by atoms with Gasteiger partial charge in [0.05, 0.1) is 10.0 Å². The zero-order chi connectivity index (χ0) is 18.0. The van der Waals surface area contributed by atoms with Gasteiger partial charge in [-0.3, -0.25) is 4.79 Å². The lowest BCUT2D eigenvalue weighted by molar-refractivity contribution is -0.117. The largest absolute Gasteiger partial charge is 0.370 e. The second-order valence-corrected chi connectivity index (χ2v) is 7.39. The molecule has 2 aromatic rings. The maximum Gasteiger partial charge on any atom is 0.217 e. The topological polar surface area (TPSA) is 55.1 Å². The maximum absolute atomic E-state index is 11.1. The fourth-order valence-corrected chi connectivity index (χ4v) is 3.99. The Morgan fingerprint density at radius 2 is 1.88 bits per heavy atom. The van der Waals surface area contributed by atoms with E-state index in [0.29, 0.717) is 28.9 Å². The van der Waals surface area contributed by atoms with Crippen molar-refractivity contribution in [3.63, 3.8) is 0 Å². The third-order valence-electron chi connectivity index (χ3n) is 5.00. The van der Waals surface area contributed by atoms with Crippen molar-refractivity contribution < 1.29 is 4.79 Å². The number of carbonyl (C=O) groups excluding carboxylic acids is 1. The van der Waals surface area contributed by atoms with Crippen LogP contribution in [0.25, 0.3) is 0 Å². The summed E-state index contributed by atoms with van der Waals surface area (Å²) in [5.41, 5.74) is 10.2. The summed E-state index contributed by atoms with van der Waals surface area (Å²) < 4.78 is 0. The molecule has 140 valence electrons. The van der Waals surface area contributed by atoms with Crippen molar-refractivity contribution >= 4 is 41.5 Å². The lowest BCUT2D eigenvalue weighted by Crippen LogP contribution is -2.24. The van der Waals surface area contributed by atoms with Crippen LogP contribution >= 0.6 is 35.6 Å². The number of benzene rings is 2. The maximum atomic E-state index is 11.1. The molecule has 0 fully saturated rings. The highest BCUT2D eigenvalue weighted by Gasteiger charge is 2.28. The second kappa shape index (κ2) is 9.09. The zero-order valence-corrected chi connectivity index (χ0v) is 16.9. The van der Waals surface area contributed by atoms with Gasteiger partial charge in [0.15, 0.2) is 0 Å².